The number of rotatable bonds is 9. The molecule has 0 amide bonds. The lowest BCUT2D eigenvalue weighted by Gasteiger charge is -2.40. The van der Waals surface area contributed by atoms with Crippen LogP contribution in [0.3, 0.4) is 0 Å². The van der Waals surface area contributed by atoms with Crippen LogP contribution < -0.4 is 9.47 Å². The van der Waals surface area contributed by atoms with Gasteiger partial charge in [0.05, 0.1) is 28.9 Å². The number of aliphatic hydroxyl groups excluding tert-OH is 1. The SMILES string of the molecule is COc1ccc(-c2nnc(CN3CCN(C[C@@H](O)COc4ccc5sc(C)nc5c4)[C@@H](C)C3)o2)cc1. The van der Waals surface area contributed by atoms with Crippen LogP contribution in [-0.4, -0.2) is 82.1 Å². The van der Waals surface area contributed by atoms with Crippen LogP contribution in [-0.2, 0) is 6.54 Å². The molecule has 1 aliphatic rings. The van der Waals surface area contributed by atoms with E-state index in [2.05, 4.69) is 31.9 Å². The summed E-state index contributed by atoms with van der Waals surface area (Å²) in [4.78, 5) is 9.11. The Morgan fingerprint density at radius 1 is 1.14 bits per heavy atom. The van der Waals surface area contributed by atoms with Crippen molar-refractivity contribution in [2.75, 3.05) is 39.9 Å². The number of aryl methyl sites for hydroxylation is 1. The third-order valence-corrected chi connectivity index (χ3v) is 7.32. The van der Waals surface area contributed by atoms with Gasteiger partial charge in [0.2, 0.25) is 11.8 Å². The molecule has 36 heavy (non-hydrogen) atoms. The fourth-order valence-electron chi connectivity index (χ4n) is 4.47. The zero-order valence-electron chi connectivity index (χ0n) is 20.8. The highest BCUT2D eigenvalue weighted by molar-refractivity contribution is 7.18. The molecule has 0 aliphatic carbocycles. The van der Waals surface area contributed by atoms with Crippen molar-refractivity contribution in [3.63, 3.8) is 0 Å². The van der Waals surface area contributed by atoms with E-state index in [0.29, 0.717) is 24.9 Å². The third-order valence-electron chi connectivity index (χ3n) is 6.37. The molecule has 1 aliphatic heterocycles. The summed E-state index contributed by atoms with van der Waals surface area (Å²) in [6, 6.07) is 13.7. The fourth-order valence-corrected chi connectivity index (χ4v) is 5.28. The summed E-state index contributed by atoms with van der Waals surface area (Å²) < 4.78 is 18.1. The summed E-state index contributed by atoms with van der Waals surface area (Å²) in [6.45, 7) is 8.15. The number of piperazine rings is 1. The molecule has 2 atom stereocenters. The summed E-state index contributed by atoms with van der Waals surface area (Å²) in [5.74, 6) is 2.63. The highest BCUT2D eigenvalue weighted by Crippen LogP contribution is 2.26. The van der Waals surface area contributed by atoms with Crippen LogP contribution in [0, 0.1) is 6.92 Å². The van der Waals surface area contributed by atoms with E-state index in [1.165, 1.54) is 0 Å². The normalized spacial score (nSPS) is 17.9. The standard InChI is InChI=1S/C26H31N5O4S/c1-17-13-30(15-25-28-29-26(35-25)19-4-6-21(33-3)7-5-19)10-11-31(17)14-20(32)16-34-22-8-9-24-23(12-22)27-18(2)36-24/h4-9,12,17,20,32H,10-11,13-16H2,1-3H3/t17-,20+/m0/s1. The number of methoxy groups -OCH3 is 1. The quantitative estimate of drug-likeness (QED) is 0.363. The van der Waals surface area contributed by atoms with Crippen molar-refractivity contribution < 1.29 is 19.0 Å². The zero-order valence-corrected chi connectivity index (χ0v) is 21.6. The molecule has 1 N–H and O–H groups in total. The number of hydrogen-bond donors (Lipinski definition) is 1. The van der Waals surface area contributed by atoms with Gasteiger partial charge in [0.25, 0.3) is 0 Å². The number of aliphatic hydroxyl groups is 1. The number of benzene rings is 2. The Kier molecular flexibility index (Phi) is 7.47. The Morgan fingerprint density at radius 2 is 1.94 bits per heavy atom. The second-order valence-electron chi connectivity index (χ2n) is 9.14. The van der Waals surface area contributed by atoms with Crippen molar-refractivity contribution in [1.29, 1.82) is 0 Å². The molecular formula is C26H31N5O4S. The molecule has 9 nitrogen and oxygen atoms in total. The van der Waals surface area contributed by atoms with Crippen LogP contribution in [0.25, 0.3) is 21.7 Å². The maximum Gasteiger partial charge on any atom is 0.247 e. The van der Waals surface area contributed by atoms with Crippen LogP contribution in [0.5, 0.6) is 11.5 Å². The van der Waals surface area contributed by atoms with E-state index in [1.807, 2.05) is 49.4 Å². The number of ether oxygens (including phenoxy) is 2. The van der Waals surface area contributed by atoms with Gasteiger partial charge < -0.3 is 19.0 Å². The molecule has 190 valence electrons. The molecule has 10 heteroatoms. The minimum absolute atomic E-state index is 0.248. The van der Waals surface area contributed by atoms with Crippen LogP contribution in [0.2, 0.25) is 0 Å². The molecule has 5 rings (SSSR count). The van der Waals surface area contributed by atoms with Gasteiger partial charge in [-0.2, -0.15) is 0 Å². The van der Waals surface area contributed by atoms with E-state index in [9.17, 15) is 5.11 Å². The lowest BCUT2D eigenvalue weighted by Crippen LogP contribution is -2.53. The van der Waals surface area contributed by atoms with Crippen molar-refractivity contribution >= 4 is 21.6 Å². The summed E-state index contributed by atoms with van der Waals surface area (Å²) in [6.07, 6.45) is -0.574. The average Bonchev–Trinajstić information content (AvgIpc) is 3.49. The number of β-amino-alcohol motifs (C(OH)–C–C–N with tert-alkyl or cyclic N) is 1. The number of fused-ring (bicyclic) bond motifs is 1. The monoisotopic (exact) mass is 509 g/mol. The first kappa shape index (κ1) is 24.6. The lowest BCUT2D eigenvalue weighted by molar-refractivity contribution is 0.0178. The number of hydrogen-bond acceptors (Lipinski definition) is 10. The molecule has 0 unspecified atom stereocenters. The molecule has 0 spiro atoms. The lowest BCUT2D eigenvalue weighted by atomic mass is 10.1. The molecule has 0 radical (unpaired) electrons. The van der Waals surface area contributed by atoms with Gasteiger partial charge in [-0.05, 0) is 50.2 Å². The maximum absolute atomic E-state index is 10.6. The van der Waals surface area contributed by atoms with E-state index < -0.39 is 6.10 Å². The van der Waals surface area contributed by atoms with Crippen molar-refractivity contribution in [1.82, 2.24) is 25.0 Å². The topological polar surface area (TPSA) is 97.0 Å². The first-order chi connectivity index (χ1) is 17.5. The molecule has 1 saturated heterocycles. The summed E-state index contributed by atoms with van der Waals surface area (Å²) in [5.41, 5.74) is 1.80. The van der Waals surface area contributed by atoms with E-state index in [4.69, 9.17) is 13.9 Å². The maximum atomic E-state index is 10.6. The Bertz CT molecular complexity index is 1290. The highest BCUT2D eigenvalue weighted by Gasteiger charge is 2.26. The summed E-state index contributed by atoms with van der Waals surface area (Å²) >= 11 is 1.67. The molecule has 3 heterocycles. The predicted octanol–water partition coefficient (Wildman–Crippen LogP) is 3.61. The summed E-state index contributed by atoms with van der Waals surface area (Å²) in [7, 11) is 1.64. The third kappa shape index (κ3) is 5.84. The van der Waals surface area contributed by atoms with Crippen LogP contribution in [0.15, 0.2) is 46.9 Å². The van der Waals surface area contributed by atoms with Gasteiger partial charge >= 0.3 is 0 Å². The molecule has 0 bridgehead atoms. The second-order valence-corrected chi connectivity index (χ2v) is 10.4. The first-order valence-electron chi connectivity index (χ1n) is 12.1. The minimum atomic E-state index is -0.574. The number of thiazole rings is 1. The van der Waals surface area contributed by atoms with Crippen molar-refractivity contribution in [3.05, 3.63) is 53.4 Å². The molecular weight excluding hydrogens is 478 g/mol. The van der Waals surface area contributed by atoms with E-state index >= 15 is 0 Å². The van der Waals surface area contributed by atoms with Gasteiger partial charge in [0.15, 0.2) is 0 Å². The fraction of sp³-hybridized carbons (Fsp3) is 0.423. The van der Waals surface area contributed by atoms with E-state index in [1.54, 1.807) is 18.4 Å². The average molecular weight is 510 g/mol. The van der Waals surface area contributed by atoms with Gasteiger partial charge in [0.1, 0.15) is 24.2 Å². The van der Waals surface area contributed by atoms with Gasteiger partial charge in [-0.3, -0.25) is 9.80 Å². The van der Waals surface area contributed by atoms with Gasteiger partial charge in [-0.25, -0.2) is 4.98 Å². The number of aromatic nitrogens is 3. The Hall–Kier alpha value is -3.05. The van der Waals surface area contributed by atoms with Crippen LogP contribution in [0.1, 0.15) is 17.8 Å². The van der Waals surface area contributed by atoms with Gasteiger partial charge in [-0.15, -0.1) is 21.5 Å². The van der Waals surface area contributed by atoms with Crippen LogP contribution >= 0.6 is 11.3 Å². The molecule has 2 aromatic carbocycles. The zero-order chi connectivity index (χ0) is 25.1. The molecule has 1 fully saturated rings. The van der Waals surface area contributed by atoms with E-state index in [-0.39, 0.29) is 12.6 Å². The highest BCUT2D eigenvalue weighted by atomic mass is 32.1. The Balaban J connectivity index is 1.09. The Labute approximate surface area is 214 Å². The van der Waals surface area contributed by atoms with Gasteiger partial charge in [-0.1, -0.05) is 0 Å². The minimum Gasteiger partial charge on any atom is -0.497 e. The molecule has 0 saturated carbocycles. The Morgan fingerprint density at radius 3 is 2.72 bits per heavy atom. The van der Waals surface area contributed by atoms with Crippen molar-refractivity contribution in [2.24, 2.45) is 0 Å². The first-order valence-corrected chi connectivity index (χ1v) is 12.9. The van der Waals surface area contributed by atoms with Crippen LogP contribution in [0.4, 0.5) is 0 Å². The van der Waals surface area contributed by atoms with Gasteiger partial charge in [0, 0.05) is 43.9 Å². The largest absolute Gasteiger partial charge is 0.497 e. The molecule has 2 aromatic heterocycles. The second kappa shape index (κ2) is 10.9. The van der Waals surface area contributed by atoms with Crippen molar-refractivity contribution in [3.8, 4) is 23.0 Å². The molecule has 4 aromatic rings. The number of nitrogens with zero attached hydrogens (tertiary/aromatic N) is 5. The van der Waals surface area contributed by atoms with E-state index in [0.717, 1.165) is 51.9 Å². The van der Waals surface area contributed by atoms with Crippen molar-refractivity contribution in [2.45, 2.75) is 32.5 Å². The summed E-state index contributed by atoms with van der Waals surface area (Å²) in [5, 5.41) is 20.1. The predicted molar refractivity (Wildman–Crippen MR) is 138 cm³/mol. The smallest absolute Gasteiger partial charge is 0.247 e.